The number of rotatable bonds is 11. The largest absolute Gasteiger partial charge is 0.457 e. The van der Waals surface area contributed by atoms with Crippen LogP contribution in [0.25, 0.3) is 0 Å². The minimum Gasteiger partial charge on any atom is -0.457 e. The molecule has 262 valence electrons. The average molecular weight is 651 g/mol. The van der Waals surface area contributed by atoms with Crippen LogP contribution < -0.4 is 0 Å². The number of cyclic esters (lactones) is 1. The van der Waals surface area contributed by atoms with E-state index in [4.69, 9.17) is 14.2 Å². The Morgan fingerprint density at radius 1 is 1.22 bits per heavy atom. The highest BCUT2D eigenvalue weighted by molar-refractivity contribution is 5.70. The number of hydrogen-bond donors (Lipinski definition) is 4. The summed E-state index contributed by atoms with van der Waals surface area (Å²) in [6.45, 7) is 14.2. The van der Waals surface area contributed by atoms with E-state index in [9.17, 15) is 30.0 Å². The van der Waals surface area contributed by atoms with Gasteiger partial charge >= 0.3 is 12.1 Å². The number of ether oxygens (including phenoxy) is 3. The Hall–Kier alpha value is -2.28. The lowest BCUT2D eigenvalue weighted by Gasteiger charge is -2.37. The molecule has 3 aliphatic rings. The van der Waals surface area contributed by atoms with Crippen LogP contribution in [-0.4, -0.2) is 124 Å². The molecule has 46 heavy (non-hydrogen) atoms. The van der Waals surface area contributed by atoms with Crippen LogP contribution in [0.3, 0.4) is 0 Å². The molecule has 0 radical (unpaired) electrons. The molecule has 0 aromatic carbocycles. The van der Waals surface area contributed by atoms with E-state index in [-0.39, 0.29) is 61.9 Å². The van der Waals surface area contributed by atoms with E-state index in [1.807, 2.05) is 45.9 Å². The van der Waals surface area contributed by atoms with E-state index in [1.54, 1.807) is 17.9 Å². The van der Waals surface area contributed by atoms with Crippen molar-refractivity contribution in [3.8, 4) is 0 Å². The van der Waals surface area contributed by atoms with Gasteiger partial charge in [0, 0.05) is 44.6 Å². The third-order valence-corrected chi connectivity index (χ3v) is 9.62. The quantitative estimate of drug-likeness (QED) is 0.114. The summed E-state index contributed by atoms with van der Waals surface area (Å²) in [5, 5.41) is 41.3. The normalized spacial score (nSPS) is 34.6. The predicted octanol–water partition coefficient (Wildman–Crippen LogP) is 3.20. The Balaban J connectivity index is 1.70. The molecule has 0 bridgehead atoms. The zero-order valence-corrected chi connectivity index (χ0v) is 28.6. The number of aliphatic hydroxyl groups excluding tert-OH is 3. The summed E-state index contributed by atoms with van der Waals surface area (Å²) in [6, 6.07) is 0. The highest BCUT2D eigenvalue weighted by Crippen LogP contribution is 2.36. The lowest BCUT2D eigenvalue weighted by Crippen LogP contribution is -2.51. The van der Waals surface area contributed by atoms with Gasteiger partial charge in [0.15, 0.2) is 6.10 Å². The van der Waals surface area contributed by atoms with E-state index in [0.717, 1.165) is 12.0 Å². The Labute approximate surface area is 274 Å². The highest BCUT2D eigenvalue weighted by Gasteiger charge is 2.45. The van der Waals surface area contributed by atoms with E-state index in [0.29, 0.717) is 39.1 Å². The molecular formula is C35H58N2O9. The maximum Gasteiger partial charge on any atom is 0.410 e. The smallest absolute Gasteiger partial charge is 0.410 e. The number of allylic oxidation sites excluding steroid dienone is 3. The van der Waals surface area contributed by atoms with Gasteiger partial charge in [-0.25, -0.2) is 4.79 Å². The summed E-state index contributed by atoms with van der Waals surface area (Å²) in [5.74, 6) is -0.496. The fourth-order valence-electron chi connectivity index (χ4n) is 6.27. The molecule has 0 saturated carbocycles. The van der Waals surface area contributed by atoms with Crippen molar-refractivity contribution >= 4 is 12.1 Å². The molecule has 0 spiro atoms. The van der Waals surface area contributed by atoms with Crippen LogP contribution in [0.15, 0.2) is 36.0 Å². The van der Waals surface area contributed by atoms with Crippen molar-refractivity contribution < 1.29 is 44.2 Å². The zero-order valence-electron chi connectivity index (χ0n) is 28.6. The molecule has 3 heterocycles. The number of epoxide rings is 1. The first-order valence-corrected chi connectivity index (χ1v) is 17.0. The summed E-state index contributed by atoms with van der Waals surface area (Å²) in [4.78, 5) is 29.6. The van der Waals surface area contributed by atoms with Gasteiger partial charge in [0.05, 0.1) is 37.4 Å². The first kappa shape index (κ1) is 38.2. The van der Waals surface area contributed by atoms with Crippen LogP contribution in [0, 0.1) is 17.8 Å². The van der Waals surface area contributed by atoms with Crippen molar-refractivity contribution in [1.29, 1.82) is 0 Å². The van der Waals surface area contributed by atoms with Crippen LogP contribution in [0.4, 0.5) is 4.79 Å². The maximum atomic E-state index is 13.1. The number of esters is 1. The van der Waals surface area contributed by atoms with Gasteiger partial charge in [-0.05, 0) is 57.1 Å². The van der Waals surface area contributed by atoms with Gasteiger partial charge in [-0.3, -0.25) is 9.69 Å². The average Bonchev–Trinajstić information content (AvgIpc) is 3.78. The number of amides is 1. The van der Waals surface area contributed by atoms with E-state index < -0.39 is 36.0 Å². The minimum absolute atomic E-state index is 0.0614. The van der Waals surface area contributed by atoms with Crippen LogP contribution in [0.1, 0.15) is 73.6 Å². The number of hydrogen-bond acceptors (Lipinski definition) is 10. The minimum atomic E-state index is -1.48. The highest BCUT2D eigenvalue weighted by atomic mass is 16.6. The fourth-order valence-corrected chi connectivity index (χ4v) is 6.27. The summed E-state index contributed by atoms with van der Waals surface area (Å²) in [6.07, 6.45) is 7.71. The van der Waals surface area contributed by atoms with Crippen LogP contribution in [-0.2, 0) is 19.0 Å². The zero-order chi connectivity index (χ0) is 34.0. The van der Waals surface area contributed by atoms with Gasteiger partial charge in [0.1, 0.15) is 11.7 Å². The van der Waals surface area contributed by atoms with Crippen molar-refractivity contribution in [1.82, 2.24) is 9.80 Å². The van der Waals surface area contributed by atoms with E-state index in [2.05, 4.69) is 17.9 Å². The van der Waals surface area contributed by atoms with Crippen molar-refractivity contribution in [2.45, 2.75) is 116 Å². The van der Waals surface area contributed by atoms with Gasteiger partial charge in [0.2, 0.25) is 0 Å². The molecule has 1 amide bonds. The van der Waals surface area contributed by atoms with Gasteiger partial charge in [-0.15, -0.1) is 0 Å². The summed E-state index contributed by atoms with van der Waals surface area (Å²) in [5.41, 5.74) is -0.674. The molecule has 3 aliphatic heterocycles. The molecule has 2 saturated heterocycles. The molecule has 0 aliphatic carbocycles. The Morgan fingerprint density at radius 2 is 1.91 bits per heavy atom. The number of carbonyl (C=O) groups is 2. The Morgan fingerprint density at radius 3 is 2.57 bits per heavy atom. The van der Waals surface area contributed by atoms with Gasteiger partial charge in [0.25, 0.3) is 0 Å². The number of carbonyl (C=O) groups excluding carboxylic acids is 2. The number of nitrogens with zero attached hydrogens (tertiary/aromatic N) is 2. The van der Waals surface area contributed by atoms with Crippen LogP contribution in [0.5, 0.6) is 0 Å². The third-order valence-electron chi connectivity index (χ3n) is 9.62. The van der Waals surface area contributed by atoms with Crippen molar-refractivity contribution in [2.75, 3.05) is 39.3 Å². The Bertz CT molecular complexity index is 1070. The molecular weight excluding hydrogens is 592 g/mol. The van der Waals surface area contributed by atoms with Crippen molar-refractivity contribution in [2.24, 2.45) is 17.8 Å². The van der Waals surface area contributed by atoms with Gasteiger partial charge in [-0.1, -0.05) is 52.0 Å². The van der Waals surface area contributed by atoms with E-state index >= 15 is 0 Å². The van der Waals surface area contributed by atoms with E-state index in [1.165, 1.54) is 0 Å². The standard InChI is InChI=1S/C35H58N2O9/c1-7-28(40)26(5)33-29(44-33)21-23(2)9-8-10-24(3)32-25(4)11-12-30(35(6,43)14-13-27(39)22-31(41)46-32)45-34(42)37-17-15-36(16-18-37)19-20-38/h8-12,23,25-30,32-33,38-40,43H,7,13-22H2,1-6H3/b9-8+,12-11+,24-10+. The maximum absolute atomic E-state index is 13.1. The first-order chi connectivity index (χ1) is 21.7. The number of piperazine rings is 1. The molecule has 2 fully saturated rings. The van der Waals surface area contributed by atoms with Crippen molar-refractivity contribution in [3.05, 3.63) is 36.0 Å². The fraction of sp³-hybridized carbons (Fsp3) is 0.771. The third kappa shape index (κ3) is 11.5. The number of aliphatic hydroxyl groups is 4. The lowest BCUT2D eigenvalue weighted by molar-refractivity contribution is -0.151. The first-order valence-electron chi connectivity index (χ1n) is 17.0. The molecule has 4 N–H and O–H groups in total. The van der Waals surface area contributed by atoms with Gasteiger partial charge in [-0.2, -0.15) is 0 Å². The SMILES string of the molecule is CCC(O)C(C)C1OC1CC(C)/C=C/C=C(\C)C1OC(=O)CC(O)CCC(C)(O)C(OC(=O)N2CCN(CCO)CC2)/C=C/C1C. The van der Waals surface area contributed by atoms with Crippen LogP contribution >= 0.6 is 0 Å². The summed E-state index contributed by atoms with van der Waals surface area (Å²) >= 11 is 0. The molecule has 10 unspecified atom stereocenters. The second-order valence-corrected chi connectivity index (χ2v) is 13.7. The van der Waals surface area contributed by atoms with Crippen molar-refractivity contribution in [3.63, 3.8) is 0 Å². The second kappa shape index (κ2) is 17.8. The predicted molar refractivity (Wildman–Crippen MR) is 175 cm³/mol. The lowest BCUT2D eigenvalue weighted by atomic mass is 9.88. The molecule has 3 rings (SSSR count). The molecule has 0 aromatic rings. The summed E-state index contributed by atoms with van der Waals surface area (Å²) < 4.78 is 17.6. The number of β-amino-alcohol motifs (C(OH)–C–C–N with tert-alkyl or cyclic N) is 1. The van der Waals surface area contributed by atoms with Crippen LogP contribution in [0.2, 0.25) is 0 Å². The molecule has 11 heteroatoms. The Kier molecular flexibility index (Phi) is 14.7. The molecule has 0 aromatic heterocycles. The van der Waals surface area contributed by atoms with Gasteiger partial charge < -0.3 is 39.5 Å². The topological polar surface area (TPSA) is 153 Å². The summed E-state index contributed by atoms with van der Waals surface area (Å²) in [7, 11) is 0. The molecule has 11 nitrogen and oxygen atoms in total. The monoisotopic (exact) mass is 650 g/mol. The second-order valence-electron chi connectivity index (χ2n) is 13.7. The molecule has 10 atom stereocenters.